The van der Waals surface area contributed by atoms with Crippen LogP contribution in [-0.2, 0) is 6.18 Å². The lowest BCUT2D eigenvalue weighted by Gasteiger charge is -2.12. The first kappa shape index (κ1) is 15.6. The molecule has 7 heteroatoms. The number of alkyl halides is 3. The van der Waals surface area contributed by atoms with Gasteiger partial charge >= 0.3 is 12.2 Å². The summed E-state index contributed by atoms with van der Waals surface area (Å²) in [5.41, 5.74) is 5.36. The third-order valence-corrected chi connectivity index (χ3v) is 3.60. The largest absolute Gasteiger partial charge is 0.416 e. The van der Waals surface area contributed by atoms with Gasteiger partial charge in [0.25, 0.3) is 0 Å². The number of urea groups is 1. The van der Waals surface area contributed by atoms with Gasteiger partial charge in [-0.25, -0.2) is 4.79 Å². The summed E-state index contributed by atoms with van der Waals surface area (Å²) in [5.74, 6) is 0.373. The van der Waals surface area contributed by atoms with E-state index in [0.717, 1.165) is 31.4 Å². The Hall–Kier alpha value is -1.76. The molecular weight excluding hydrogens is 283 g/mol. The second-order valence-corrected chi connectivity index (χ2v) is 5.35. The Morgan fingerprint density at radius 1 is 1.24 bits per heavy atom. The van der Waals surface area contributed by atoms with E-state index in [1.54, 1.807) is 0 Å². The summed E-state index contributed by atoms with van der Waals surface area (Å²) in [6.45, 7) is 0.528. The fraction of sp³-hybridized carbons (Fsp3) is 0.500. The first-order valence-corrected chi connectivity index (χ1v) is 6.82. The second-order valence-electron chi connectivity index (χ2n) is 5.35. The minimum Gasteiger partial charge on any atom is -0.338 e. The zero-order valence-corrected chi connectivity index (χ0v) is 11.4. The number of nitrogens with one attached hydrogen (secondary N) is 2. The van der Waals surface area contributed by atoms with Gasteiger partial charge < -0.3 is 16.4 Å². The van der Waals surface area contributed by atoms with Crippen molar-refractivity contribution in [3.63, 3.8) is 0 Å². The fourth-order valence-corrected chi connectivity index (χ4v) is 2.45. The van der Waals surface area contributed by atoms with Crippen LogP contribution in [0.5, 0.6) is 0 Å². The van der Waals surface area contributed by atoms with Crippen molar-refractivity contribution in [3.05, 3.63) is 29.8 Å². The average molecular weight is 301 g/mol. The zero-order valence-electron chi connectivity index (χ0n) is 11.4. The molecule has 1 saturated carbocycles. The second kappa shape index (κ2) is 6.34. The van der Waals surface area contributed by atoms with Gasteiger partial charge in [0.05, 0.1) is 5.56 Å². The molecule has 1 aliphatic carbocycles. The molecule has 2 atom stereocenters. The third-order valence-electron chi connectivity index (χ3n) is 3.60. The number of carbonyl (C=O) groups is 1. The van der Waals surface area contributed by atoms with Gasteiger partial charge in [-0.3, -0.25) is 0 Å². The maximum Gasteiger partial charge on any atom is 0.416 e. The zero-order chi connectivity index (χ0) is 15.5. The number of carbonyl (C=O) groups excluding carboxylic acids is 1. The van der Waals surface area contributed by atoms with Gasteiger partial charge in [-0.1, -0.05) is 0 Å². The van der Waals surface area contributed by atoms with Gasteiger partial charge in [0.1, 0.15) is 0 Å². The van der Waals surface area contributed by atoms with Crippen LogP contribution < -0.4 is 16.4 Å². The van der Waals surface area contributed by atoms with E-state index in [1.807, 2.05) is 0 Å². The Labute approximate surface area is 120 Å². The van der Waals surface area contributed by atoms with Gasteiger partial charge in [-0.15, -0.1) is 0 Å². The Morgan fingerprint density at radius 2 is 1.90 bits per heavy atom. The Kier molecular flexibility index (Phi) is 4.72. The van der Waals surface area contributed by atoms with Crippen LogP contribution in [0.2, 0.25) is 0 Å². The molecule has 116 valence electrons. The van der Waals surface area contributed by atoms with Crippen LogP contribution in [0, 0.1) is 5.92 Å². The summed E-state index contributed by atoms with van der Waals surface area (Å²) in [5, 5.41) is 5.22. The van der Waals surface area contributed by atoms with Gasteiger partial charge in [-0.2, -0.15) is 13.2 Å². The van der Waals surface area contributed by atoms with Crippen LogP contribution >= 0.6 is 0 Å². The fourth-order valence-electron chi connectivity index (χ4n) is 2.45. The minimum atomic E-state index is -4.37. The number of nitrogens with two attached hydrogens (primary N) is 1. The van der Waals surface area contributed by atoms with E-state index in [-0.39, 0.29) is 6.04 Å². The summed E-state index contributed by atoms with van der Waals surface area (Å²) in [6, 6.07) is 4.11. The normalized spacial score (nSPS) is 22.1. The van der Waals surface area contributed by atoms with Gasteiger partial charge in [0, 0.05) is 18.3 Å². The lowest BCUT2D eigenvalue weighted by atomic mass is 10.1. The topological polar surface area (TPSA) is 67.1 Å². The summed E-state index contributed by atoms with van der Waals surface area (Å²) < 4.78 is 37.2. The standard InChI is InChI=1S/C14H18F3N3O/c15-14(16,17)10-2-5-12(6-3-10)20-13(21)19-8-9-1-4-11(18)7-9/h2-3,5-6,9,11H,1,4,7-8,18H2,(H2,19,20,21). The lowest BCUT2D eigenvalue weighted by molar-refractivity contribution is -0.137. The van der Waals surface area contributed by atoms with E-state index >= 15 is 0 Å². The van der Waals surface area contributed by atoms with Crippen molar-refractivity contribution in [1.29, 1.82) is 0 Å². The predicted octanol–water partition coefficient (Wildman–Crippen LogP) is 2.95. The first-order valence-electron chi connectivity index (χ1n) is 6.82. The highest BCUT2D eigenvalue weighted by Crippen LogP contribution is 2.29. The highest BCUT2D eigenvalue weighted by atomic mass is 19.4. The van der Waals surface area contributed by atoms with E-state index < -0.39 is 17.8 Å². The monoisotopic (exact) mass is 301 g/mol. The summed E-state index contributed by atoms with van der Waals surface area (Å²) in [6.07, 6.45) is -1.53. The van der Waals surface area contributed by atoms with E-state index in [4.69, 9.17) is 5.73 Å². The summed E-state index contributed by atoms with van der Waals surface area (Å²) in [7, 11) is 0. The van der Waals surface area contributed by atoms with Crippen LogP contribution in [0.4, 0.5) is 23.7 Å². The number of halogens is 3. The van der Waals surface area contributed by atoms with E-state index in [0.29, 0.717) is 18.2 Å². The number of anilines is 1. The van der Waals surface area contributed by atoms with Crippen molar-refractivity contribution < 1.29 is 18.0 Å². The van der Waals surface area contributed by atoms with Crippen LogP contribution in [0.1, 0.15) is 24.8 Å². The summed E-state index contributed by atoms with van der Waals surface area (Å²) >= 11 is 0. The van der Waals surface area contributed by atoms with Crippen LogP contribution in [0.15, 0.2) is 24.3 Å². The molecule has 1 aromatic rings. The molecule has 1 aromatic carbocycles. The Morgan fingerprint density at radius 3 is 2.43 bits per heavy atom. The molecule has 0 radical (unpaired) electrons. The Balaban J connectivity index is 1.80. The van der Waals surface area contributed by atoms with Gasteiger partial charge in [-0.05, 0) is 49.4 Å². The molecule has 21 heavy (non-hydrogen) atoms. The van der Waals surface area contributed by atoms with E-state index in [1.165, 1.54) is 12.1 Å². The quantitative estimate of drug-likeness (QED) is 0.803. The number of hydrogen-bond donors (Lipinski definition) is 3. The number of amides is 2. The number of hydrogen-bond acceptors (Lipinski definition) is 2. The van der Waals surface area contributed by atoms with E-state index in [2.05, 4.69) is 10.6 Å². The summed E-state index contributed by atoms with van der Waals surface area (Å²) in [4.78, 5) is 11.7. The average Bonchev–Trinajstić information content (AvgIpc) is 2.82. The van der Waals surface area contributed by atoms with Crippen molar-refractivity contribution in [2.45, 2.75) is 31.5 Å². The molecule has 2 rings (SSSR count). The Bertz CT molecular complexity index is 487. The molecular formula is C14H18F3N3O. The maximum absolute atomic E-state index is 12.4. The highest BCUT2D eigenvalue weighted by molar-refractivity contribution is 5.89. The third kappa shape index (κ3) is 4.63. The SMILES string of the molecule is NC1CCC(CNC(=O)Nc2ccc(C(F)(F)F)cc2)C1. The van der Waals surface area contributed by atoms with Crippen molar-refractivity contribution >= 4 is 11.7 Å². The maximum atomic E-state index is 12.4. The van der Waals surface area contributed by atoms with Crippen LogP contribution in [0.25, 0.3) is 0 Å². The van der Waals surface area contributed by atoms with Gasteiger partial charge in [0.2, 0.25) is 0 Å². The number of benzene rings is 1. The smallest absolute Gasteiger partial charge is 0.338 e. The number of rotatable bonds is 3. The van der Waals surface area contributed by atoms with Crippen LogP contribution in [0.3, 0.4) is 0 Å². The molecule has 0 heterocycles. The lowest BCUT2D eigenvalue weighted by Crippen LogP contribution is -2.32. The van der Waals surface area contributed by atoms with Crippen molar-refractivity contribution in [3.8, 4) is 0 Å². The molecule has 0 aromatic heterocycles. The molecule has 4 nitrogen and oxygen atoms in total. The van der Waals surface area contributed by atoms with E-state index in [9.17, 15) is 18.0 Å². The molecule has 2 unspecified atom stereocenters. The first-order chi connectivity index (χ1) is 9.84. The predicted molar refractivity (Wildman–Crippen MR) is 73.8 cm³/mol. The molecule has 1 aliphatic rings. The molecule has 0 aliphatic heterocycles. The minimum absolute atomic E-state index is 0.203. The van der Waals surface area contributed by atoms with Crippen molar-refractivity contribution in [2.75, 3.05) is 11.9 Å². The molecule has 0 spiro atoms. The molecule has 1 fully saturated rings. The molecule has 0 saturated heterocycles. The molecule has 0 bridgehead atoms. The molecule has 2 amide bonds. The van der Waals surface area contributed by atoms with Gasteiger partial charge in [0.15, 0.2) is 0 Å². The molecule has 4 N–H and O–H groups in total. The van der Waals surface area contributed by atoms with Crippen LogP contribution in [-0.4, -0.2) is 18.6 Å². The highest BCUT2D eigenvalue weighted by Gasteiger charge is 2.30. The van der Waals surface area contributed by atoms with Crippen molar-refractivity contribution in [1.82, 2.24) is 5.32 Å². The van der Waals surface area contributed by atoms with Crippen molar-refractivity contribution in [2.24, 2.45) is 11.7 Å².